The van der Waals surface area contributed by atoms with Crippen LogP contribution in [-0.4, -0.2) is 22.7 Å². The summed E-state index contributed by atoms with van der Waals surface area (Å²) in [5, 5.41) is 3.64. The highest BCUT2D eigenvalue weighted by atomic mass is 35.5. The topological polar surface area (TPSA) is 29.1 Å². The first-order valence-corrected chi connectivity index (χ1v) is 11.3. The molecule has 4 heteroatoms. The SMILES string of the molecule is O=C1C(c2ccc(CC(Cl)Cl)c3c2Cc2ccccc2-3)CNC12CCCCC2. The number of ketones is 1. The highest BCUT2D eigenvalue weighted by Gasteiger charge is 2.48. The second kappa shape index (κ2) is 7.16. The van der Waals surface area contributed by atoms with E-state index in [0.29, 0.717) is 12.2 Å². The van der Waals surface area contributed by atoms with E-state index in [-0.39, 0.29) is 11.5 Å². The van der Waals surface area contributed by atoms with Gasteiger partial charge in [0.15, 0.2) is 5.78 Å². The van der Waals surface area contributed by atoms with Gasteiger partial charge >= 0.3 is 0 Å². The lowest BCUT2D eigenvalue weighted by Crippen LogP contribution is -2.47. The Bertz CT molecular complexity index is 930. The second-order valence-corrected chi connectivity index (χ2v) is 9.81. The molecule has 2 fully saturated rings. The van der Waals surface area contributed by atoms with Gasteiger partial charge in [-0.1, -0.05) is 55.7 Å². The molecule has 2 aromatic rings. The minimum Gasteiger partial charge on any atom is -0.304 e. The molecule has 1 atom stereocenters. The van der Waals surface area contributed by atoms with E-state index in [1.807, 2.05) is 0 Å². The maximum absolute atomic E-state index is 13.5. The molecule has 2 aliphatic carbocycles. The van der Waals surface area contributed by atoms with Gasteiger partial charge < -0.3 is 5.32 Å². The number of benzene rings is 2. The number of alkyl halides is 2. The molecule has 2 nitrogen and oxygen atoms in total. The Labute approximate surface area is 176 Å². The quantitative estimate of drug-likeness (QED) is 0.569. The van der Waals surface area contributed by atoms with Gasteiger partial charge in [0.05, 0.1) is 11.5 Å². The molecule has 1 N–H and O–H groups in total. The van der Waals surface area contributed by atoms with Crippen molar-refractivity contribution in [2.45, 2.75) is 61.2 Å². The predicted molar refractivity (Wildman–Crippen MR) is 115 cm³/mol. The number of nitrogens with one attached hydrogen (secondary N) is 1. The first-order chi connectivity index (χ1) is 13.6. The molecule has 146 valence electrons. The van der Waals surface area contributed by atoms with E-state index in [4.69, 9.17) is 23.2 Å². The van der Waals surface area contributed by atoms with E-state index in [1.165, 1.54) is 39.8 Å². The molecule has 2 aromatic carbocycles. The minimum absolute atomic E-state index is 0.0435. The summed E-state index contributed by atoms with van der Waals surface area (Å²) in [6.07, 6.45) is 7.05. The molecular formula is C24H25Cl2NO. The molecule has 28 heavy (non-hydrogen) atoms. The first kappa shape index (κ1) is 18.7. The summed E-state index contributed by atoms with van der Waals surface area (Å²) in [6.45, 7) is 0.759. The van der Waals surface area contributed by atoms with E-state index >= 15 is 0 Å². The lowest BCUT2D eigenvalue weighted by Gasteiger charge is -2.32. The van der Waals surface area contributed by atoms with Crippen LogP contribution in [-0.2, 0) is 17.6 Å². The monoisotopic (exact) mass is 413 g/mol. The molecule has 1 spiro atoms. The Morgan fingerprint density at radius 1 is 1.07 bits per heavy atom. The van der Waals surface area contributed by atoms with Crippen molar-refractivity contribution in [2.75, 3.05) is 6.54 Å². The lowest BCUT2D eigenvalue weighted by molar-refractivity contribution is -0.124. The Hall–Kier alpha value is -1.35. The van der Waals surface area contributed by atoms with Crippen molar-refractivity contribution in [3.63, 3.8) is 0 Å². The average molecular weight is 414 g/mol. The molecule has 0 bridgehead atoms. The zero-order valence-electron chi connectivity index (χ0n) is 15.9. The number of fused-ring (bicyclic) bond motifs is 3. The summed E-state index contributed by atoms with van der Waals surface area (Å²) in [4.78, 5) is 13.1. The first-order valence-electron chi connectivity index (χ1n) is 10.4. The normalized spacial score (nSPS) is 22.7. The van der Waals surface area contributed by atoms with Gasteiger partial charge in [-0.2, -0.15) is 0 Å². The second-order valence-electron chi connectivity index (χ2n) is 8.54. The Balaban J connectivity index is 1.58. The van der Waals surface area contributed by atoms with Gasteiger partial charge in [-0.3, -0.25) is 4.79 Å². The fourth-order valence-electron chi connectivity index (χ4n) is 5.65. The fraction of sp³-hybridized carbons (Fsp3) is 0.458. The molecule has 0 radical (unpaired) electrons. The molecule has 5 rings (SSSR count). The summed E-state index contributed by atoms with van der Waals surface area (Å²) in [6, 6.07) is 12.9. The van der Waals surface area contributed by atoms with E-state index in [1.54, 1.807) is 0 Å². The van der Waals surface area contributed by atoms with Crippen LogP contribution in [0.2, 0.25) is 0 Å². The van der Waals surface area contributed by atoms with Crippen LogP contribution in [0.3, 0.4) is 0 Å². The summed E-state index contributed by atoms with van der Waals surface area (Å²) in [5.74, 6) is 0.365. The third-order valence-corrected chi connectivity index (χ3v) is 7.29. The number of hydrogen-bond donors (Lipinski definition) is 1. The van der Waals surface area contributed by atoms with Gasteiger partial charge in [0, 0.05) is 13.0 Å². The highest BCUT2D eigenvalue weighted by molar-refractivity contribution is 6.44. The number of carbonyl (C=O) groups excluding carboxylic acids is 1. The summed E-state index contributed by atoms with van der Waals surface area (Å²) in [7, 11) is 0. The lowest BCUT2D eigenvalue weighted by atomic mass is 9.76. The van der Waals surface area contributed by atoms with Crippen LogP contribution in [0.4, 0.5) is 0 Å². The van der Waals surface area contributed by atoms with Crippen molar-refractivity contribution in [1.82, 2.24) is 5.32 Å². The van der Waals surface area contributed by atoms with Crippen molar-refractivity contribution in [2.24, 2.45) is 0 Å². The molecule has 1 heterocycles. The zero-order valence-corrected chi connectivity index (χ0v) is 17.5. The number of rotatable bonds is 3. The smallest absolute Gasteiger partial charge is 0.161 e. The molecule has 1 aliphatic heterocycles. The van der Waals surface area contributed by atoms with Crippen molar-refractivity contribution >= 4 is 29.0 Å². The van der Waals surface area contributed by atoms with E-state index in [9.17, 15) is 4.79 Å². The largest absolute Gasteiger partial charge is 0.304 e. The molecular weight excluding hydrogens is 389 g/mol. The van der Waals surface area contributed by atoms with Crippen LogP contribution < -0.4 is 5.32 Å². The third kappa shape index (κ3) is 2.93. The van der Waals surface area contributed by atoms with E-state index < -0.39 is 4.84 Å². The standard InChI is InChI=1S/C24H25Cl2NO/c25-21(26)13-16-8-9-18(19-12-15-6-2-3-7-17(15)22(16)19)20-14-27-24(23(20)28)10-4-1-5-11-24/h2-3,6-9,20-21,27H,1,4-5,10-14H2. The number of Topliss-reactive ketones (excluding diaryl/α,β-unsaturated/α-hetero) is 1. The van der Waals surface area contributed by atoms with Crippen LogP contribution in [0, 0.1) is 0 Å². The molecule has 3 aliphatic rings. The zero-order chi connectivity index (χ0) is 19.3. The van der Waals surface area contributed by atoms with Gasteiger partial charge in [0.1, 0.15) is 4.84 Å². The highest BCUT2D eigenvalue weighted by Crippen LogP contribution is 2.46. The van der Waals surface area contributed by atoms with Crippen molar-refractivity contribution in [1.29, 1.82) is 0 Å². The molecule has 1 saturated heterocycles. The van der Waals surface area contributed by atoms with Crippen LogP contribution in [0.1, 0.15) is 60.3 Å². The maximum atomic E-state index is 13.5. The Morgan fingerprint density at radius 3 is 2.64 bits per heavy atom. The van der Waals surface area contributed by atoms with Crippen molar-refractivity contribution in [3.8, 4) is 11.1 Å². The molecule has 0 aromatic heterocycles. The Kier molecular flexibility index (Phi) is 4.77. The van der Waals surface area contributed by atoms with Gasteiger partial charge in [0.2, 0.25) is 0 Å². The van der Waals surface area contributed by atoms with Crippen LogP contribution >= 0.6 is 23.2 Å². The number of carbonyl (C=O) groups is 1. The summed E-state index contributed by atoms with van der Waals surface area (Å²) in [5.41, 5.74) is 7.28. The summed E-state index contributed by atoms with van der Waals surface area (Å²) >= 11 is 12.3. The minimum atomic E-state index is -0.428. The maximum Gasteiger partial charge on any atom is 0.161 e. The van der Waals surface area contributed by atoms with Crippen LogP contribution in [0.25, 0.3) is 11.1 Å². The van der Waals surface area contributed by atoms with Crippen LogP contribution in [0.15, 0.2) is 36.4 Å². The fourth-order valence-corrected chi connectivity index (χ4v) is 5.98. The molecule has 0 amide bonds. The molecule has 1 saturated carbocycles. The van der Waals surface area contributed by atoms with Gasteiger partial charge in [-0.25, -0.2) is 0 Å². The van der Waals surface area contributed by atoms with Crippen molar-refractivity contribution in [3.05, 3.63) is 58.7 Å². The number of hydrogen-bond acceptors (Lipinski definition) is 2. The molecule has 1 unspecified atom stereocenters. The van der Waals surface area contributed by atoms with Gasteiger partial charge in [-0.15, -0.1) is 23.2 Å². The Morgan fingerprint density at radius 2 is 1.86 bits per heavy atom. The van der Waals surface area contributed by atoms with Crippen molar-refractivity contribution < 1.29 is 4.79 Å². The van der Waals surface area contributed by atoms with Crippen LogP contribution in [0.5, 0.6) is 0 Å². The van der Waals surface area contributed by atoms with Gasteiger partial charge in [-0.05, 0) is 52.6 Å². The van der Waals surface area contributed by atoms with Gasteiger partial charge in [0.25, 0.3) is 0 Å². The van der Waals surface area contributed by atoms with E-state index in [0.717, 1.165) is 38.6 Å². The number of halogens is 2. The summed E-state index contributed by atoms with van der Waals surface area (Å²) < 4.78 is 0. The third-order valence-electron chi connectivity index (χ3n) is 6.98. The van der Waals surface area contributed by atoms with E-state index in [2.05, 4.69) is 41.7 Å². The average Bonchev–Trinajstić information content (AvgIpc) is 3.22. The predicted octanol–water partition coefficient (Wildman–Crippen LogP) is 5.56.